The van der Waals surface area contributed by atoms with Gasteiger partial charge >= 0.3 is 6.03 Å². The molecule has 1 heterocycles. The van der Waals surface area contributed by atoms with Crippen molar-refractivity contribution in [2.45, 2.75) is 0 Å². The lowest BCUT2D eigenvalue weighted by Crippen LogP contribution is -2.46. The Bertz CT molecular complexity index is 1010. The summed E-state index contributed by atoms with van der Waals surface area (Å²) in [7, 11) is 3.91. The summed E-state index contributed by atoms with van der Waals surface area (Å²) < 4.78 is 0.232. The van der Waals surface area contributed by atoms with Crippen LogP contribution in [0.15, 0.2) is 47.4 Å². The van der Waals surface area contributed by atoms with Gasteiger partial charge in [-0.05, 0) is 54.2 Å². The van der Waals surface area contributed by atoms with Gasteiger partial charge in [0.1, 0.15) is 0 Å². The molecule has 0 aliphatic carbocycles. The maximum absolute atomic E-state index is 12.6. The molecule has 29 heavy (non-hydrogen) atoms. The normalized spacial score (nSPS) is 15.0. The van der Waals surface area contributed by atoms with Gasteiger partial charge in [-0.1, -0.05) is 47.1 Å². The number of benzene rings is 2. The van der Waals surface area contributed by atoms with E-state index in [-0.39, 0.29) is 4.32 Å². The monoisotopic (exact) mass is 466 g/mol. The number of nitrogens with zero attached hydrogens (tertiary/aromatic N) is 2. The zero-order valence-corrected chi connectivity index (χ0v) is 18.5. The topological polar surface area (TPSA) is 64.7 Å². The number of carbonyl (C=O) groups excluding carboxylic acids is 2. The van der Waals surface area contributed by atoms with Crippen LogP contribution in [0.3, 0.4) is 0 Å². The third kappa shape index (κ3) is 5.22. The summed E-state index contributed by atoms with van der Waals surface area (Å²) in [6.07, 6.45) is 1.73. The number of anilines is 2. The van der Waals surface area contributed by atoms with Crippen LogP contribution in [0.1, 0.15) is 5.56 Å². The number of nitrogens with one attached hydrogen (secondary N) is 2. The van der Waals surface area contributed by atoms with Crippen LogP contribution >= 0.6 is 47.2 Å². The summed E-state index contributed by atoms with van der Waals surface area (Å²) in [6.45, 7) is 0. The summed E-state index contributed by atoms with van der Waals surface area (Å²) in [5.74, 6) is -0.402. The Morgan fingerprint density at radius 2 is 1.83 bits per heavy atom. The summed E-state index contributed by atoms with van der Waals surface area (Å²) in [4.78, 5) is 27.3. The van der Waals surface area contributed by atoms with Gasteiger partial charge < -0.3 is 10.2 Å². The van der Waals surface area contributed by atoms with Crippen LogP contribution < -0.4 is 15.6 Å². The first-order valence-electron chi connectivity index (χ1n) is 8.32. The van der Waals surface area contributed by atoms with Crippen molar-refractivity contribution < 1.29 is 9.59 Å². The van der Waals surface area contributed by atoms with Crippen LogP contribution in [0, 0.1) is 0 Å². The Kier molecular flexibility index (Phi) is 6.69. The Labute approximate surface area is 187 Å². The SMILES string of the molecule is CN(C)c1ccc(/C=C2/SC(=S)N(NC(=O)Nc3ccc(Cl)c(Cl)c3)C2=O)cc1. The lowest BCUT2D eigenvalue weighted by molar-refractivity contribution is -0.123. The van der Waals surface area contributed by atoms with E-state index in [2.05, 4.69) is 10.7 Å². The molecule has 1 aliphatic heterocycles. The number of thioether (sulfide) groups is 1. The number of hydrogen-bond acceptors (Lipinski definition) is 5. The number of urea groups is 1. The minimum absolute atomic E-state index is 0.232. The molecule has 0 spiro atoms. The summed E-state index contributed by atoms with van der Waals surface area (Å²) >= 11 is 18.1. The van der Waals surface area contributed by atoms with E-state index in [1.165, 1.54) is 6.07 Å². The minimum Gasteiger partial charge on any atom is -0.378 e. The van der Waals surface area contributed by atoms with Crippen molar-refractivity contribution in [2.75, 3.05) is 24.3 Å². The number of carbonyl (C=O) groups is 2. The number of halogens is 2. The predicted octanol–water partition coefficient (Wildman–Crippen LogP) is 5.00. The number of thiocarbonyl (C=S) groups is 1. The van der Waals surface area contributed by atoms with Gasteiger partial charge in [0, 0.05) is 25.5 Å². The zero-order chi connectivity index (χ0) is 21.1. The lowest BCUT2D eigenvalue weighted by Gasteiger charge is -2.16. The Morgan fingerprint density at radius 3 is 2.45 bits per heavy atom. The highest BCUT2D eigenvalue weighted by molar-refractivity contribution is 8.26. The van der Waals surface area contributed by atoms with E-state index in [0.29, 0.717) is 20.6 Å². The standard InChI is InChI=1S/C19H16Cl2N4O2S2/c1-24(2)13-6-3-11(4-7-13)9-16-17(26)25(19(28)29-16)23-18(27)22-12-5-8-14(20)15(21)10-12/h3-10H,1-2H3,(H2,22,23,27)/b16-9+. The second kappa shape index (κ2) is 9.04. The van der Waals surface area contributed by atoms with E-state index in [1.54, 1.807) is 18.2 Å². The van der Waals surface area contributed by atoms with Crippen molar-refractivity contribution in [3.05, 3.63) is 63.0 Å². The van der Waals surface area contributed by atoms with Crippen molar-refractivity contribution in [2.24, 2.45) is 0 Å². The molecule has 2 aromatic carbocycles. The molecule has 3 rings (SSSR count). The van der Waals surface area contributed by atoms with Crippen molar-refractivity contribution in [1.82, 2.24) is 10.4 Å². The fraction of sp³-hybridized carbons (Fsp3) is 0.105. The average Bonchev–Trinajstić information content (AvgIpc) is 2.92. The first kappa shape index (κ1) is 21.4. The van der Waals surface area contributed by atoms with Gasteiger partial charge in [-0.3, -0.25) is 4.79 Å². The molecule has 0 aromatic heterocycles. The first-order valence-corrected chi connectivity index (χ1v) is 10.3. The van der Waals surface area contributed by atoms with Crippen LogP contribution in [0.25, 0.3) is 6.08 Å². The van der Waals surface area contributed by atoms with Gasteiger partial charge in [-0.2, -0.15) is 5.01 Å². The van der Waals surface area contributed by atoms with E-state index in [4.69, 9.17) is 35.4 Å². The highest BCUT2D eigenvalue weighted by atomic mass is 35.5. The second-order valence-corrected chi connectivity index (χ2v) is 8.69. The smallest absolute Gasteiger partial charge is 0.338 e. The molecule has 1 aliphatic rings. The summed E-state index contributed by atoms with van der Waals surface area (Å²) in [5, 5.41) is 4.29. The molecular formula is C19H16Cl2N4O2S2. The van der Waals surface area contributed by atoms with Crippen molar-refractivity contribution in [3.8, 4) is 0 Å². The molecule has 0 bridgehead atoms. The van der Waals surface area contributed by atoms with E-state index in [9.17, 15) is 9.59 Å². The predicted molar refractivity (Wildman–Crippen MR) is 124 cm³/mol. The Morgan fingerprint density at radius 1 is 1.14 bits per heavy atom. The molecule has 6 nitrogen and oxygen atoms in total. The van der Waals surface area contributed by atoms with E-state index < -0.39 is 11.9 Å². The van der Waals surface area contributed by atoms with E-state index >= 15 is 0 Å². The van der Waals surface area contributed by atoms with Crippen LogP contribution in [-0.2, 0) is 4.79 Å². The fourth-order valence-electron chi connectivity index (χ4n) is 2.42. The summed E-state index contributed by atoms with van der Waals surface area (Å²) in [6, 6.07) is 11.8. The van der Waals surface area contributed by atoms with Gasteiger partial charge in [-0.25, -0.2) is 10.2 Å². The quantitative estimate of drug-likeness (QED) is 0.490. The first-order chi connectivity index (χ1) is 13.7. The van der Waals surface area contributed by atoms with Crippen LogP contribution in [0.2, 0.25) is 10.0 Å². The van der Waals surface area contributed by atoms with Gasteiger partial charge in [0.2, 0.25) is 0 Å². The molecular weight excluding hydrogens is 451 g/mol. The number of rotatable bonds is 4. The fourth-order valence-corrected chi connectivity index (χ4v) is 3.90. The molecule has 10 heteroatoms. The molecule has 0 atom stereocenters. The van der Waals surface area contributed by atoms with Gasteiger partial charge in [0.15, 0.2) is 4.32 Å². The lowest BCUT2D eigenvalue weighted by atomic mass is 10.2. The number of amides is 3. The highest BCUT2D eigenvalue weighted by Gasteiger charge is 2.33. The highest BCUT2D eigenvalue weighted by Crippen LogP contribution is 2.32. The largest absolute Gasteiger partial charge is 0.378 e. The molecule has 3 amide bonds. The van der Waals surface area contributed by atoms with Gasteiger partial charge in [-0.15, -0.1) is 0 Å². The maximum Gasteiger partial charge on any atom is 0.338 e. The Hall–Kier alpha value is -2.26. The van der Waals surface area contributed by atoms with Crippen molar-refractivity contribution in [3.63, 3.8) is 0 Å². The molecule has 0 saturated carbocycles. The number of hydrogen-bond donors (Lipinski definition) is 2. The third-order valence-corrected chi connectivity index (χ3v) is 5.93. The van der Waals surface area contributed by atoms with Crippen molar-refractivity contribution in [1.29, 1.82) is 0 Å². The van der Waals surface area contributed by atoms with E-state index in [1.807, 2.05) is 43.3 Å². The maximum atomic E-state index is 12.6. The molecule has 0 radical (unpaired) electrons. The molecule has 2 N–H and O–H groups in total. The van der Waals surface area contributed by atoms with Crippen LogP contribution in [0.5, 0.6) is 0 Å². The van der Waals surface area contributed by atoms with Crippen LogP contribution in [-0.4, -0.2) is 35.4 Å². The minimum atomic E-state index is -0.628. The zero-order valence-electron chi connectivity index (χ0n) is 15.4. The third-order valence-electron chi connectivity index (χ3n) is 3.89. The van der Waals surface area contributed by atoms with Crippen molar-refractivity contribution >= 4 is 80.9 Å². The van der Waals surface area contributed by atoms with E-state index in [0.717, 1.165) is 28.0 Å². The van der Waals surface area contributed by atoms with Gasteiger partial charge in [0.25, 0.3) is 5.91 Å². The molecule has 0 unspecified atom stereocenters. The van der Waals surface area contributed by atoms with Crippen LogP contribution in [0.4, 0.5) is 16.2 Å². The molecule has 150 valence electrons. The molecule has 1 fully saturated rings. The molecule has 2 aromatic rings. The second-order valence-electron chi connectivity index (χ2n) is 6.20. The number of hydrazine groups is 1. The summed E-state index contributed by atoms with van der Waals surface area (Å²) in [5.41, 5.74) is 4.79. The average molecular weight is 467 g/mol. The van der Waals surface area contributed by atoms with Gasteiger partial charge in [0.05, 0.1) is 15.0 Å². The Balaban J connectivity index is 1.68. The molecule has 1 saturated heterocycles.